The molecular weight excluding hydrogens is 385 g/mol. The van der Waals surface area contributed by atoms with Gasteiger partial charge in [-0.15, -0.1) is 0 Å². The molecule has 0 aromatic heterocycles. The van der Waals surface area contributed by atoms with E-state index in [1.807, 2.05) is 32.0 Å². The van der Waals surface area contributed by atoms with Crippen molar-refractivity contribution in [1.29, 1.82) is 0 Å². The van der Waals surface area contributed by atoms with Crippen LogP contribution in [-0.4, -0.2) is 18.5 Å². The molecule has 142 valence electrons. The monoisotopic (exact) mass is 405 g/mol. The molecule has 0 aliphatic carbocycles. The van der Waals surface area contributed by atoms with E-state index in [1.165, 1.54) is 12.2 Å². The number of carbonyl (C=O) groups excluding carboxylic acids is 2. The molecule has 1 N–H and O–H groups in total. The van der Waals surface area contributed by atoms with Gasteiger partial charge in [0.2, 0.25) is 0 Å². The van der Waals surface area contributed by atoms with Crippen molar-refractivity contribution in [3.05, 3.63) is 69.2 Å². The van der Waals surface area contributed by atoms with Crippen LogP contribution >= 0.6 is 23.2 Å². The number of hydrogen-bond donors (Lipinski definition) is 1. The molecule has 2 aromatic rings. The predicted molar refractivity (Wildman–Crippen MR) is 110 cm³/mol. The molecule has 0 unspecified atom stereocenters. The van der Waals surface area contributed by atoms with Gasteiger partial charge in [-0.3, -0.25) is 4.79 Å². The summed E-state index contributed by atoms with van der Waals surface area (Å²) in [4.78, 5) is 24.0. The van der Waals surface area contributed by atoms with Gasteiger partial charge >= 0.3 is 5.97 Å². The van der Waals surface area contributed by atoms with Gasteiger partial charge in [0.1, 0.15) is 0 Å². The van der Waals surface area contributed by atoms with Gasteiger partial charge in [-0.2, -0.15) is 0 Å². The van der Waals surface area contributed by atoms with Crippen LogP contribution in [0.1, 0.15) is 30.5 Å². The summed E-state index contributed by atoms with van der Waals surface area (Å²) in [6.45, 7) is 3.69. The number of aryl methyl sites for hydroxylation is 2. The molecule has 4 nitrogen and oxygen atoms in total. The lowest BCUT2D eigenvalue weighted by molar-refractivity contribution is -0.142. The highest BCUT2D eigenvalue weighted by molar-refractivity contribution is 6.35. The zero-order valence-electron chi connectivity index (χ0n) is 15.2. The van der Waals surface area contributed by atoms with Crippen molar-refractivity contribution in [2.75, 3.05) is 11.9 Å². The van der Waals surface area contributed by atoms with Crippen molar-refractivity contribution in [3.63, 3.8) is 0 Å². The van der Waals surface area contributed by atoms with Crippen LogP contribution in [0, 0.1) is 0 Å². The fraction of sp³-hybridized carbons (Fsp3) is 0.238. The summed E-state index contributed by atoms with van der Waals surface area (Å²) < 4.78 is 5.00. The van der Waals surface area contributed by atoms with Crippen molar-refractivity contribution < 1.29 is 14.3 Å². The van der Waals surface area contributed by atoms with E-state index >= 15 is 0 Å². The normalized spacial score (nSPS) is 10.8. The van der Waals surface area contributed by atoms with Gasteiger partial charge in [-0.1, -0.05) is 61.3 Å². The molecular formula is C21H21Cl2NO3. The number of hydrogen-bond acceptors (Lipinski definition) is 3. The summed E-state index contributed by atoms with van der Waals surface area (Å²) in [5.41, 5.74) is 3.52. The van der Waals surface area contributed by atoms with Crippen LogP contribution in [0.4, 0.5) is 5.69 Å². The second-order valence-electron chi connectivity index (χ2n) is 5.81. The lowest BCUT2D eigenvalue weighted by atomic mass is 10.0. The van der Waals surface area contributed by atoms with Crippen LogP contribution in [0.25, 0.3) is 6.08 Å². The maximum Gasteiger partial charge on any atom is 0.331 e. The topological polar surface area (TPSA) is 55.4 Å². The Morgan fingerprint density at radius 3 is 2.33 bits per heavy atom. The van der Waals surface area contributed by atoms with Crippen LogP contribution < -0.4 is 5.32 Å². The molecule has 2 rings (SSSR count). The summed E-state index contributed by atoms with van der Waals surface area (Å²) in [6.07, 6.45) is 4.34. The van der Waals surface area contributed by atoms with Gasteiger partial charge < -0.3 is 10.1 Å². The number of carbonyl (C=O) groups is 2. The number of esters is 1. The third-order valence-corrected chi connectivity index (χ3v) is 4.53. The van der Waals surface area contributed by atoms with Gasteiger partial charge in [0.05, 0.1) is 0 Å². The van der Waals surface area contributed by atoms with Crippen LogP contribution in [-0.2, 0) is 27.2 Å². The number of amides is 1. The van der Waals surface area contributed by atoms with Crippen molar-refractivity contribution in [3.8, 4) is 0 Å². The van der Waals surface area contributed by atoms with E-state index in [0.717, 1.165) is 29.7 Å². The van der Waals surface area contributed by atoms with Crippen molar-refractivity contribution in [2.24, 2.45) is 0 Å². The average molecular weight is 406 g/mol. The van der Waals surface area contributed by atoms with Crippen LogP contribution in [0.3, 0.4) is 0 Å². The van der Waals surface area contributed by atoms with Gasteiger partial charge in [0.25, 0.3) is 5.91 Å². The molecule has 6 heteroatoms. The number of benzene rings is 2. The Morgan fingerprint density at radius 1 is 1.07 bits per heavy atom. The van der Waals surface area contributed by atoms with E-state index in [1.54, 1.807) is 18.2 Å². The highest BCUT2D eigenvalue weighted by Crippen LogP contribution is 2.23. The molecule has 0 saturated heterocycles. The first kappa shape index (κ1) is 21.0. The van der Waals surface area contributed by atoms with Gasteiger partial charge in [0.15, 0.2) is 6.61 Å². The summed E-state index contributed by atoms with van der Waals surface area (Å²) in [5, 5.41) is 3.78. The summed E-state index contributed by atoms with van der Waals surface area (Å²) in [5.74, 6) is -1.01. The lowest BCUT2D eigenvalue weighted by Crippen LogP contribution is -2.21. The number of para-hydroxylation sites is 1. The summed E-state index contributed by atoms with van der Waals surface area (Å²) in [7, 11) is 0. The molecule has 0 saturated carbocycles. The standard InChI is InChI=1S/C21H21Cl2NO3/c1-3-14-6-5-7-15(4-2)21(14)24-19(25)13-27-20(26)11-9-16-8-10-17(22)12-18(16)23/h5-12H,3-4,13H2,1-2H3,(H,24,25)/b11-9+. The molecule has 27 heavy (non-hydrogen) atoms. The fourth-order valence-corrected chi connectivity index (χ4v) is 3.03. The molecule has 0 aliphatic rings. The Hall–Kier alpha value is -2.30. The number of rotatable bonds is 7. The minimum absolute atomic E-state index is 0.362. The van der Waals surface area contributed by atoms with Gasteiger partial charge in [-0.25, -0.2) is 4.79 Å². The Balaban J connectivity index is 1.94. The zero-order valence-corrected chi connectivity index (χ0v) is 16.7. The second-order valence-corrected chi connectivity index (χ2v) is 6.66. The van der Waals surface area contributed by atoms with E-state index in [0.29, 0.717) is 15.6 Å². The molecule has 0 atom stereocenters. The van der Waals surface area contributed by atoms with E-state index in [2.05, 4.69) is 5.32 Å². The first-order valence-corrected chi connectivity index (χ1v) is 9.40. The molecule has 0 bridgehead atoms. The Kier molecular flexibility index (Phi) is 7.89. The van der Waals surface area contributed by atoms with E-state index in [4.69, 9.17) is 27.9 Å². The van der Waals surface area contributed by atoms with Crippen molar-refractivity contribution in [1.82, 2.24) is 0 Å². The van der Waals surface area contributed by atoms with Gasteiger partial charge in [0, 0.05) is 21.8 Å². The Morgan fingerprint density at radius 2 is 1.74 bits per heavy atom. The molecule has 0 fully saturated rings. The van der Waals surface area contributed by atoms with Crippen LogP contribution in [0.2, 0.25) is 10.0 Å². The minimum Gasteiger partial charge on any atom is -0.452 e. The summed E-state index contributed by atoms with van der Waals surface area (Å²) >= 11 is 11.9. The first-order chi connectivity index (χ1) is 12.9. The number of anilines is 1. The Labute approximate surface area is 169 Å². The third-order valence-electron chi connectivity index (χ3n) is 3.97. The molecule has 2 aromatic carbocycles. The van der Waals surface area contributed by atoms with E-state index < -0.39 is 5.97 Å². The number of halogens is 2. The maximum atomic E-state index is 12.2. The molecule has 1 amide bonds. The molecule has 0 spiro atoms. The van der Waals surface area contributed by atoms with Crippen LogP contribution in [0.5, 0.6) is 0 Å². The van der Waals surface area contributed by atoms with Crippen molar-refractivity contribution in [2.45, 2.75) is 26.7 Å². The lowest BCUT2D eigenvalue weighted by Gasteiger charge is -2.14. The fourth-order valence-electron chi connectivity index (χ4n) is 2.56. The molecule has 0 aliphatic heterocycles. The average Bonchev–Trinajstić information content (AvgIpc) is 2.65. The molecule has 0 heterocycles. The second kappa shape index (κ2) is 10.1. The Bertz CT molecular complexity index is 840. The quantitative estimate of drug-likeness (QED) is 0.501. The molecule has 0 radical (unpaired) electrons. The zero-order chi connectivity index (χ0) is 19.8. The predicted octanol–water partition coefficient (Wildman–Crippen LogP) is 5.31. The smallest absolute Gasteiger partial charge is 0.331 e. The van der Waals surface area contributed by atoms with Crippen molar-refractivity contribution >= 4 is 46.8 Å². The largest absolute Gasteiger partial charge is 0.452 e. The third kappa shape index (κ3) is 6.12. The highest BCUT2D eigenvalue weighted by atomic mass is 35.5. The number of ether oxygens (including phenoxy) is 1. The summed E-state index contributed by atoms with van der Waals surface area (Å²) in [6, 6.07) is 10.9. The minimum atomic E-state index is -0.629. The number of nitrogens with one attached hydrogen (secondary N) is 1. The SMILES string of the molecule is CCc1cccc(CC)c1NC(=O)COC(=O)/C=C/c1ccc(Cl)cc1Cl. The first-order valence-electron chi connectivity index (χ1n) is 8.65. The maximum absolute atomic E-state index is 12.2. The van der Waals surface area contributed by atoms with Gasteiger partial charge in [-0.05, 0) is 47.7 Å². The van der Waals surface area contributed by atoms with E-state index in [-0.39, 0.29) is 12.5 Å². The van der Waals surface area contributed by atoms with Crippen LogP contribution in [0.15, 0.2) is 42.5 Å². The highest BCUT2D eigenvalue weighted by Gasteiger charge is 2.11. The van der Waals surface area contributed by atoms with E-state index in [9.17, 15) is 9.59 Å².